The molecule has 12 heteroatoms. The molecule has 5 aromatic heterocycles. The van der Waals surface area contributed by atoms with Gasteiger partial charge in [0.05, 0.1) is 11.0 Å². The van der Waals surface area contributed by atoms with Crippen molar-refractivity contribution in [3.63, 3.8) is 0 Å². The summed E-state index contributed by atoms with van der Waals surface area (Å²) < 4.78 is 15.5. The van der Waals surface area contributed by atoms with Crippen LogP contribution in [0.1, 0.15) is 11.1 Å². The Bertz CT molecular complexity index is 5440. The molecule has 0 bridgehead atoms. The summed E-state index contributed by atoms with van der Waals surface area (Å²) in [5, 5.41) is 2.26. The molecule has 0 saturated carbocycles. The van der Waals surface area contributed by atoms with E-state index in [1.807, 2.05) is 206 Å². The summed E-state index contributed by atoms with van der Waals surface area (Å²) in [5.74, 6) is 5.18. The van der Waals surface area contributed by atoms with Crippen LogP contribution in [-0.4, -0.2) is 44.4 Å². The van der Waals surface area contributed by atoms with Crippen molar-refractivity contribution < 1.29 is 8.83 Å². The largest absolute Gasteiger partial charge is 0.436 e. The average molecular weight is 1260 g/mol. The van der Waals surface area contributed by atoms with Crippen LogP contribution in [0.4, 0.5) is 0 Å². The van der Waals surface area contributed by atoms with Crippen LogP contribution in [0.5, 0.6) is 0 Å². The first kappa shape index (κ1) is 56.1. The number of oxazole rings is 2. The fourth-order valence-electron chi connectivity index (χ4n) is 11.9. The molecule has 1 aliphatic rings. The van der Waals surface area contributed by atoms with Gasteiger partial charge in [0.2, 0.25) is 11.8 Å². The van der Waals surface area contributed by atoms with Crippen molar-refractivity contribution in [1.29, 1.82) is 0 Å². The first-order valence-corrected chi connectivity index (χ1v) is 31.3. The van der Waals surface area contributed by atoms with Gasteiger partial charge in [0.25, 0.3) is 0 Å². The molecule has 0 saturated heterocycles. The summed E-state index contributed by atoms with van der Waals surface area (Å²) in [6.45, 7) is 0. The number of halogens is 1. The van der Waals surface area contributed by atoms with Gasteiger partial charge in [0, 0.05) is 71.5 Å². The number of para-hydroxylation sites is 1. The maximum absolute atomic E-state index is 6.30. The van der Waals surface area contributed by atoms with Crippen LogP contribution in [-0.2, 0) is 6.42 Å². The minimum Gasteiger partial charge on any atom is -0.436 e. The van der Waals surface area contributed by atoms with E-state index in [-0.39, 0.29) is 0 Å². The van der Waals surface area contributed by atoms with Crippen molar-refractivity contribution in [1.82, 2.24) is 44.4 Å². The average Bonchev–Trinajstić information content (AvgIpc) is 1.60. The van der Waals surface area contributed by atoms with Crippen molar-refractivity contribution in [3.8, 4) is 108 Å². The number of benzene rings is 12. The van der Waals surface area contributed by atoms with Crippen LogP contribution >= 0.6 is 15.9 Å². The lowest BCUT2D eigenvalue weighted by Crippen LogP contribution is -2.01. The molecule has 0 spiro atoms. The maximum Gasteiger partial charge on any atom is 0.227 e. The van der Waals surface area contributed by atoms with Crippen LogP contribution in [0.15, 0.2) is 317 Å². The number of aromatic nitrogens is 9. The van der Waals surface area contributed by atoms with E-state index in [9.17, 15) is 0 Å². The molecule has 0 radical (unpaired) electrons. The van der Waals surface area contributed by atoms with Gasteiger partial charge in [-0.15, -0.1) is 0 Å². The second-order valence-corrected chi connectivity index (χ2v) is 23.3. The Kier molecular flexibility index (Phi) is 14.9. The van der Waals surface area contributed by atoms with Gasteiger partial charge in [-0.25, -0.2) is 39.9 Å². The highest BCUT2D eigenvalue weighted by Gasteiger charge is 2.22. The molecule has 440 valence electrons. The van der Waals surface area contributed by atoms with E-state index in [0.717, 1.165) is 105 Å². The normalized spacial score (nSPS) is 11.5. The molecule has 5 heterocycles. The minimum atomic E-state index is 0.611. The molecule has 0 N–H and O–H groups in total. The quantitative estimate of drug-likeness (QED) is 0.137. The summed E-state index contributed by atoms with van der Waals surface area (Å²) in [6.07, 6.45) is 0.975. The van der Waals surface area contributed by atoms with Crippen molar-refractivity contribution in [2.24, 2.45) is 0 Å². The number of nitrogens with zero attached hydrogens (tertiary/aromatic N) is 9. The minimum absolute atomic E-state index is 0.611. The SMILES string of the molecule is Brc1cccc(-c2nc(-c3ccccc3)nc(-c3ccccc3)n2)c1.c1ccc(-c2nc(-c3ccccc3)nc(-c3cccc(-n4c5ccccc5c5cc6nc(-c7ccccc7)oc6cc54)c3)n2)cc1.c1ccc(-c2nc3cc4c(cc3o2)Cc2ccccc2-4)cc1. The molecular formula is C81H52BrN9O2. The van der Waals surface area contributed by atoms with Gasteiger partial charge >= 0.3 is 0 Å². The maximum atomic E-state index is 6.30. The van der Waals surface area contributed by atoms with Gasteiger partial charge in [0.1, 0.15) is 11.0 Å². The Morgan fingerprint density at radius 3 is 1.20 bits per heavy atom. The van der Waals surface area contributed by atoms with E-state index in [4.69, 9.17) is 38.7 Å². The monoisotopic (exact) mass is 1260 g/mol. The fraction of sp³-hybridized carbons (Fsp3) is 0.0123. The zero-order valence-corrected chi connectivity index (χ0v) is 51.4. The van der Waals surface area contributed by atoms with E-state index in [1.165, 1.54) is 22.3 Å². The van der Waals surface area contributed by atoms with E-state index in [1.54, 1.807) is 0 Å². The zero-order valence-electron chi connectivity index (χ0n) is 49.8. The predicted molar refractivity (Wildman–Crippen MR) is 375 cm³/mol. The molecule has 11 nitrogen and oxygen atoms in total. The third-order valence-corrected chi connectivity index (χ3v) is 16.9. The molecule has 12 aromatic carbocycles. The number of rotatable bonds is 9. The van der Waals surface area contributed by atoms with Crippen LogP contribution in [0, 0.1) is 0 Å². The Balaban J connectivity index is 0.000000122. The van der Waals surface area contributed by atoms with Gasteiger partial charge in [0.15, 0.2) is 46.1 Å². The van der Waals surface area contributed by atoms with Gasteiger partial charge in [-0.05, 0) is 101 Å². The predicted octanol–water partition coefficient (Wildman–Crippen LogP) is 20.5. The van der Waals surface area contributed by atoms with Crippen molar-refractivity contribution in [2.75, 3.05) is 0 Å². The Morgan fingerprint density at radius 1 is 0.280 bits per heavy atom. The zero-order chi connectivity index (χ0) is 62.0. The Morgan fingerprint density at radius 2 is 0.688 bits per heavy atom. The lowest BCUT2D eigenvalue weighted by molar-refractivity contribution is 0.619. The molecule has 0 atom stereocenters. The lowest BCUT2D eigenvalue weighted by Gasteiger charge is -2.11. The molecule has 0 unspecified atom stereocenters. The highest BCUT2D eigenvalue weighted by Crippen LogP contribution is 2.41. The third-order valence-electron chi connectivity index (χ3n) is 16.4. The standard InChI is InChI=1S/C40H25N5O.C21H14BrN3.C20H13NO/c1-4-13-26(14-5-1)37-42-38(27-15-6-2-7-16-27)44-39(43-37)29-19-12-20-30(23-29)45-34-22-11-10-21-31(34)32-24-33-36(25-35(32)45)46-40(41-33)28-17-8-3-9-18-28;22-18-13-7-12-17(14-18)21-24-19(15-8-3-1-4-9-15)23-20(25-21)16-10-5-2-6-11-16;1-2-6-13(7-3-1)20-21-18-12-17-15(11-19(18)22-20)10-14-8-4-5-9-16(14)17/h1-25H;1-14H;1-9,11-12H,10H2. The number of hydrogen-bond acceptors (Lipinski definition) is 10. The van der Waals surface area contributed by atoms with E-state index < -0.39 is 0 Å². The van der Waals surface area contributed by atoms with Crippen molar-refractivity contribution in [2.45, 2.75) is 6.42 Å². The summed E-state index contributed by atoms with van der Waals surface area (Å²) in [6, 6.07) is 102. The van der Waals surface area contributed by atoms with Crippen LogP contribution < -0.4 is 0 Å². The van der Waals surface area contributed by atoms with E-state index >= 15 is 0 Å². The molecular weight excluding hydrogens is 1210 g/mol. The van der Waals surface area contributed by atoms with Gasteiger partial charge in [-0.2, -0.15) is 0 Å². The number of hydrogen-bond donors (Lipinski definition) is 0. The van der Waals surface area contributed by atoms with Crippen LogP contribution in [0.25, 0.3) is 152 Å². The highest BCUT2D eigenvalue weighted by molar-refractivity contribution is 9.10. The van der Waals surface area contributed by atoms with Crippen LogP contribution in [0.3, 0.4) is 0 Å². The van der Waals surface area contributed by atoms with Gasteiger partial charge in [-0.1, -0.05) is 240 Å². The Labute approximate surface area is 543 Å². The van der Waals surface area contributed by atoms with Gasteiger partial charge in [-0.3, -0.25) is 0 Å². The summed E-state index contributed by atoms with van der Waals surface area (Å²) in [7, 11) is 0. The van der Waals surface area contributed by atoms with Crippen LogP contribution in [0.2, 0.25) is 0 Å². The summed E-state index contributed by atoms with van der Waals surface area (Å²) in [5.41, 5.74) is 19.4. The first-order chi connectivity index (χ1) is 46.0. The smallest absolute Gasteiger partial charge is 0.227 e. The topological polar surface area (TPSA) is 134 Å². The van der Waals surface area contributed by atoms with E-state index in [0.29, 0.717) is 46.7 Å². The highest BCUT2D eigenvalue weighted by atomic mass is 79.9. The molecule has 18 rings (SSSR count). The fourth-order valence-corrected chi connectivity index (χ4v) is 12.3. The summed E-state index contributed by atoms with van der Waals surface area (Å²) in [4.78, 5) is 38.4. The summed E-state index contributed by atoms with van der Waals surface area (Å²) >= 11 is 3.52. The molecule has 0 fully saturated rings. The second kappa shape index (κ2) is 24.7. The third kappa shape index (κ3) is 11.4. The number of fused-ring (bicyclic) bond motifs is 8. The lowest BCUT2D eigenvalue weighted by atomic mass is 10.1. The van der Waals surface area contributed by atoms with Gasteiger partial charge < -0.3 is 13.4 Å². The Hall–Kier alpha value is -12.1. The second-order valence-electron chi connectivity index (χ2n) is 22.4. The molecule has 93 heavy (non-hydrogen) atoms. The van der Waals surface area contributed by atoms with Crippen molar-refractivity contribution >= 4 is 59.9 Å². The van der Waals surface area contributed by atoms with Crippen molar-refractivity contribution in [3.05, 3.63) is 319 Å². The molecule has 1 aliphatic carbocycles. The molecule has 17 aromatic rings. The molecule has 0 aliphatic heterocycles. The van der Waals surface area contributed by atoms with E-state index in [2.05, 4.69) is 128 Å². The molecule has 0 amide bonds. The first-order valence-electron chi connectivity index (χ1n) is 30.5.